The number of unbranched alkanes of at least 4 members (excludes halogenated alkanes) is 3. The number of terminal acetylenes is 1. The Labute approximate surface area is 81.2 Å². The zero-order valence-electron chi connectivity index (χ0n) is 8.34. The minimum atomic E-state index is -0.792. The van der Waals surface area contributed by atoms with E-state index >= 15 is 0 Å². The molecule has 1 heteroatoms. The fourth-order valence-corrected chi connectivity index (χ4v) is 1.16. The van der Waals surface area contributed by atoms with Crippen molar-refractivity contribution in [2.24, 2.45) is 0 Å². The molecule has 0 saturated heterocycles. The largest absolute Gasteiger partial charge is 0.376 e. The van der Waals surface area contributed by atoms with Crippen LogP contribution in [-0.4, -0.2) is 11.2 Å². The molecule has 13 heavy (non-hydrogen) atoms. The number of hydrogen-bond donors (Lipinski definition) is 1. The average Bonchev–Trinajstić information content (AvgIpc) is 2.17. The van der Waals surface area contributed by atoms with Crippen molar-refractivity contribution in [3.05, 3.63) is 17.9 Å². The molecule has 0 aromatic rings. The monoisotopic (exact) mass is 178 g/mol. The van der Waals surface area contributed by atoms with E-state index in [1.54, 1.807) is 0 Å². The summed E-state index contributed by atoms with van der Waals surface area (Å²) in [4.78, 5) is 0. The molecule has 0 spiro atoms. The van der Waals surface area contributed by atoms with Crippen LogP contribution < -0.4 is 0 Å². The molecule has 0 rings (SSSR count). The Morgan fingerprint density at radius 1 is 1.46 bits per heavy atom. The lowest BCUT2D eigenvalue weighted by molar-refractivity contribution is 0.263. The molecule has 72 valence electrons. The molecule has 0 radical (unpaired) electrons. The number of aliphatic hydroxyl groups excluding tert-OH is 1. The van der Waals surface area contributed by atoms with Gasteiger partial charge >= 0.3 is 0 Å². The van der Waals surface area contributed by atoms with E-state index in [0.29, 0.717) is 0 Å². The van der Waals surface area contributed by atoms with Crippen LogP contribution in [0.1, 0.15) is 39.0 Å². The third-order valence-corrected chi connectivity index (χ3v) is 2.01. The van der Waals surface area contributed by atoms with E-state index in [4.69, 9.17) is 6.42 Å². The zero-order valence-corrected chi connectivity index (χ0v) is 8.34. The first-order valence-electron chi connectivity index (χ1n) is 4.79. The van der Waals surface area contributed by atoms with Crippen LogP contribution in [0.25, 0.3) is 0 Å². The Kier molecular flexibility index (Phi) is 7.11. The normalized spacial score (nSPS) is 11.5. The molecule has 0 aromatic heterocycles. The molecular formula is C12H18O. The minimum absolute atomic E-state index is 0.749. The van der Waals surface area contributed by atoms with Gasteiger partial charge in [0.25, 0.3) is 0 Å². The van der Waals surface area contributed by atoms with Crippen LogP contribution in [0.2, 0.25) is 0 Å². The van der Waals surface area contributed by atoms with Crippen molar-refractivity contribution in [3.8, 4) is 12.3 Å². The van der Waals surface area contributed by atoms with Crippen LogP contribution in [-0.2, 0) is 0 Å². The predicted molar refractivity (Wildman–Crippen MR) is 56.3 cm³/mol. The Bertz CT molecular complexity index is 216. The molecule has 0 aliphatic carbocycles. The van der Waals surface area contributed by atoms with Crippen LogP contribution in [0.3, 0.4) is 0 Å². The summed E-state index contributed by atoms with van der Waals surface area (Å²) in [5.41, 5.74) is 3.45. The summed E-state index contributed by atoms with van der Waals surface area (Å²) in [7, 11) is 0. The Hall–Kier alpha value is -0.960. The highest BCUT2D eigenvalue weighted by atomic mass is 16.3. The van der Waals surface area contributed by atoms with Crippen molar-refractivity contribution >= 4 is 0 Å². The van der Waals surface area contributed by atoms with E-state index in [1.807, 2.05) is 0 Å². The van der Waals surface area contributed by atoms with E-state index in [9.17, 15) is 5.11 Å². The summed E-state index contributed by atoms with van der Waals surface area (Å²) in [5, 5.41) is 9.30. The SMILES string of the molecule is C#C[C@@H](O)C(=C=C)CCCCCC. The van der Waals surface area contributed by atoms with Crippen LogP contribution >= 0.6 is 0 Å². The van der Waals surface area contributed by atoms with Crippen molar-refractivity contribution in [2.45, 2.75) is 45.1 Å². The fraction of sp³-hybridized carbons (Fsp3) is 0.583. The molecule has 0 amide bonds. The van der Waals surface area contributed by atoms with Gasteiger partial charge in [-0.1, -0.05) is 38.7 Å². The number of aliphatic hydroxyl groups is 1. The topological polar surface area (TPSA) is 20.2 Å². The number of rotatable bonds is 6. The van der Waals surface area contributed by atoms with E-state index in [-0.39, 0.29) is 0 Å². The maximum absolute atomic E-state index is 9.30. The second-order valence-electron chi connectivity index (χ2n) is 3.08. The van der Waals surface area contributed by atoms with Gasteiger partial charge in [-0.15, -0.1) is 12.2 Å². The van der Waals surface area contributed by atoms with Gasteiger partial charge in [-0.3, -0.25) is 0 Å². The molecule has 0 aliphatic rings. The summed E-state index contributed by atoms with van der Waals surface area (Å²) < 4.78 is 0. The lowest BCUT2D eigenvalue weighted by atomic mass is 10.0. The van der Waals surface area contributed by atoms with E-state index in [1.165, 1.54) is 19.3 Å². The summed E-state index contributed by atoms with van der Waals surface area (Å²) >= 11 is 0. The van der Waals surface area contributed by atoms with Gasteiger partial charge in [0.15, 0.2) is 0 Å². The molecular weight excluding hydrogens is 160 g/mol. The van der Waals surface area contributed by atoms with Gasteiger partial charge in [0, 0.05) is 5.57 Å². The van der Waals surface area contributed by atoms with Gasteiger partial charge in [0.1, 0.15) is 6.10 Å². The quantitative estimate of drug-likeness (QED) is 0.376. The second kappa shape index (κ2) is 7.68. The minimum Gasteiger partial charge on any atom is -0.376 e. The predicted octanol–water partition coefficient (Wildman–Crippen LogP) is 2.66. The van der Waals surface area contributed by atoms with Crippen LogP contribution in [0.15, 0.2) is 17.9 Å². The van der Waals surface area contributed by atoms with E-state index in [0.717, 1.165) is 18.4 Å². The summed E-state index contributed by atoms with van der Waals surface area (Å²) in [6.45, 7) is 5.68. The van der Waals surface area contributed by atoms with E-state index in [2.05, 4.69) is 25.2 Å². The highest BCUT2D eigenvalue weighted by Gasteiger charge is 2.05. The molecule has 0 saturated carbocycles. The molecule has 1 N–H and O–H groups in total. The first kappa shape index (κ1) is 12.0. The summed E-state index contributed by atoms with van der Waals surface area (Å²) in [5.74, 6) is 2.27. The summed E-state index contributed by atoms with van der Waals surface area (Å²) in [6, 6.07) is 0. The Morgan fingerprint density at radius 2 is 2.15 bits per heavy atom. The van der Waals surface area contributed by atoms with Gasteiger partial charge in [-0.05, 0) is 12.8 Å². The van der Waals surface area contributed by atoms with Gasteiger partial charge in [-0.25, -0.2) is 0 Å². The molecule has 0 fully saturated rings. The first-order chi connectivity index (χ1) is 6.26. The Morgan fingerprint density at radius 3 is 2.62 bits per heavy atom. The molecule has 1 nitrogen and oxygen atoms in total. The van der Waals surface area contributed by atoms with Crippen molar-refractivity contribution in [1.29, 1.82) is 0 Å². The maximum atomic E-state index is 9.30. The van der Waals surface area contributed by atoms with Gasteiger partial charge in [0.2, 0.25) is 0 Å². The smallest absolute Gasteiger partial charge is 0.143 e. The molecule has 0 bridgehead atoms. The van der Waals surface area contributed by atoms with Crippen LogP contribution in [0.4, 0.5) is 0 Å². The second-order valence-corrected chi connectivity index (χ2v) is 3.08. The molecule has 0 aromatic carbocycles. The van der Waals surface area contributed by atoms with E-state index < -0.39 is 6.10 Å². The van der Waals surface area contributed by atoms with Crippen molar-refractivity contribution in [2.75, 3.05) is 0 Å². The van der Waals surface area contributed by atoms with Gasteiger partial charge in [-0.2, -0.15) is 0 Å². The van der Waals surface area contributed by atoms with Crippen molar-refractivity contribution in [1.82, 2.24) is 0 Å². The standard InChI is InChI=1S/C12H18O/c1-4-7-8-9-10-11(5-2)12(13)6-3/h3,12-13H,2,4,7-10H2,1H3/t12-/m1/s1. The van der Waals surface area contributed by atoms with Gasteiger partial charge in [0.05, 0.1) is 0 Å². The molecule has 1 atom stereocenters. The fourth-order valence-electron chi connectivity index (χ4n) is 1.16. The lowest BCUT2D eigenvalue weighted by Crippen LogP contribution is -2.06. The van der Waals surface area contributed by atoms with Crippen molar-refractivity contribution in [3.63, 3.8) is 0 Å². The Balaban J connectivity index is 3.76. The molecule has 0 heterocycles. The molecule has 0 unspecified atom stereocenters. The number of hydrogen-bond acceptors (Lipinski definition) is 1. The highest BCUT2D eigenvalue weighted by Crippen LogP contribution is 2.11. The molecule has 0 aliphatic heterocycles. The zero-order chi connectivity index (χ0) is 10.1. The summed E-state index contributed by atoms with van der Waals surface area (Å²) in [6.07, 6.45) is 9.80. The third-order valence-electron chi connectivity index (χ3n) is 2.01. The highest BCUT2D eigenvalue weighted by molar-refractivity contribution is 5.17. The van der Waals surface area contributed by atoms with Crippen LogP contribution in [0, 0.1) is 12.3 Å². The maximum Gasteiger partial charge on any atom is 0.143 e. The average molecular weight is 178 g/mol. The van der Waals surface area contributed by atoms with Crippen LogP contribution in [0.5, 0.6) is 0 Å². The van der Waals surface area contributed by atoms with Gasteiger partial charge < -0.3 is 5.11 Å². The van der Waals surface area contributed by atoms with Crippen molar-refractivity contribution < 1.29 is 5.11 Å². The third kappa shape index (κ3) is 5.31. The lowest BCUT2D eigenvalue weighted by Gasteiger charge is -2.06. The first-order valence-corrected chi connectivity index (χ1v) is 4.79.